The van der Waals surface area contributed by atoms with Crippen LogP contribution < -0.4 is 0 Å². The molecule has 0 aliphatic carbocycles. The van der Waals surface area contributed by atoms with Crippen molar-refractivity contribution in [1.29, 1.82) is 0 Å². The molecule has 1 atom stereocenters. The zero-order valence-electron chi connectivity index (χ0n) is 12.4. The van der Waals surface area contributed by atoms with E-state index in [1.165, 1.54) is 6.42 Å². The van der Waals surface area contributed by atoms with Gasteiger partial charge in [-0.05, 0) is 26.2 Å². The van der Waals surface area contributed by atoms with Gasteiger partial charge in [0.25, 0.3) is 0 Å². The van der Waals surface area contributed by atoms with Gasteiger partial charge in [0.05, 0.1) is 13.2 Å². The zero-order valence-corrected chi connectivity index (χ0v) is 12.4. The first-order valence-electron chi connectivity index (χ1n) is 7.53. The van der Waals surface area contributed by atoms with Gasteiger partial charge in [-0.2, -0.15) is 5.10 Å². The van der Waals surface area contributed by atoms with Gasteiger partial charge in [0, 0.05) is 12.2 Å². The first-order valence-corrected chi connectivity index (χ1v) is 7.53. The van der Waals surface area contributed by atoms with Crippen molar-refractivity contribution in [3.8, 4) is 11.4 Å². The van der Waals surface area contributed by atoms with Gasteiger partial charge in [-0.1, -0.05) is 30.3 Å². The largest absolute Gasteiger partial charge is 0.353 e. The van der Waals surface area contributed by atoms with Crippen molar-refractivity contribution in [2.24, 2.45) is 0 Å². The average molecular weight is 287 g/mol. The van der Waals surface area contributed by atoms with Gasteiger partial charge in [-0.25, -0.2) is 9.67 Å². The molecule has 112 valence electrons. The third-order valence-electron chi connectivity index (χ3n) is 3.55. The molecule has 1 aromatic heterocycles. The van der Waals surface area contributed by atoms with Crippen molar-refractivity contribution in [3.63, 3.8) is 0 Å². The van der Waals surface area contributed by atoms with Crippen molar-refractivity contribution in [3.05, 3.63) is 36.2 Å². The molecule has 2 heterocycles. The predicted molar refractivity (Wildman–Crippen MR) is 79.7 cm³/mol. The number of rotatable bonds is 5. The fraction of sp³-hybridized carbons (Fsp3) is 0.500. The highest BCUT2D eigenvalue weighted by atomic mass is 16.7. The predicted octanol–water partition coefficient (Wildman–Crippen LogP) is 2.80. The minimum atomic E-state index is -0.0523. The van der Waals surface area contributed by atoms with E-state index in [2.05, 4.69) is 10.1 Å². The Labute approximate surface area is 124 Å². The lowest BCUT2D eigenvalue weighted by Gasteiger charge is -2.22. The number of hydrogen-bond donors (Lipinski definition) is 0. The molecule has 0 radical (unpaired) electrons. The number of nitrogens with zero attached hydrogens (tertiary/aromatic N) is 3. The summed E-state index contributed by atoms with van der Waals surface area (Å²) in [7, 11) is 0. The van der Waals surface area contributed by atoms with E-state index in [1.54, 1.807) is 0 Å². The summed E-state index contributed by atoms with van der Waals surface area (Å²) in [4.78, 5) is 4.51. The zero-order chi connectivity index (χ0) is 14.5. The molecule has 2 aromatic rings. The first kappa shape index (κ1) is 14.2. The standard InChI is InChI=1S/C16H21N3O2/c1-13-17-16(14-7-3-2-4-8-14)19(18-13)10-12-21-15-9-5-6-11-20-15/h2-4,7-8,15H,5-6,9-12H2,1H3/t15-/m0/s1. The van der Waals surface area contributed by atoms with E-state index in [-0.39, 0.29) is 6.29 Å². The van der Waals surface area contributed by atoms with E-state index >= 15 is 0 Å². The third kappa shape index (κ3) is 3.68. The monoisotopic (exact) mass is 287 g/mol. The minimum Gasteiger partial charge on any atom is -0.353 e. The molecule has 5 heteroatoms. The summed E-state index contributed by atoms with van der Waals surface area (Å²) in [6.07, 6.45) is 3.26. The fourth-order valence-electron chi connectivity index (χ4n) is 2.53. The number of benzene rings is 1. The first-order chi connectivity index (χ1) is 10.3. The van der Waals surface area contributed by atoms with E-state index in [0.29, 0.717) is 13.2 Å². The number of hydrogen-bond acceptors (Lipinski definition) is 4. The lowest BCUT2D eigenvalue weighted by Crippen LogP contribution is -2.24. The van der Waals surface area contributed by atoms with Crippen LogP contribution >= 0.6 is 0 Å². The Morgan fingerprint density at radius 1 is 1.29 bits per heavy atom. The lowest BCUT2D eigenvalue weighted by molar-refractivity contribution is -0.163. The summed E-state index contributed by atoms with van der Waals surface area (Å²) in [6, 6.07) is 10.1. The normalized spacial score (nSPS) is 18.8. The number of ether oxygens (including phenoxy) is 2. The van der Waals surface area contributed by atoms with Crippen LogP contribution in [0.1, 0.15) is 25.1 Å². The van der Waals surface area contributed by atoms with Crippen LogP contribution in [0, 0.1) is 6.92 Å². The Hall–Kier alpha value is -1.72. The van der Waals surface area contributed by atoms with E-state index < -0.39 is 0 Å². The second-order valence-corrected chi connectivity index (χ2v) is 5.24. The highest BCUT2D eigenvalue weighted by Crippen LogP contribution is 2.17. The van der Waals surface area contributed by atoms with Gasteiger partial charge >= 0.3 is 0 Å². The minimum absolute atomic E-state index is 0.0523. The summed E-state index contributed by atoms with van der Waals surface area (Å²) in [5, 5.41) is 4.45. The van der Waals surface area contributed by atoms with Gasteiger partial charge in [0.1, 0.15) is 5.82 Å². The van der Waals surface area contributed by atoms with E-state index in [0.717, 1.165) is 36.7 Å². The van der Waals surface area contributed by atoms with E-state index in [4.69, 9.17) is 9.47 Å². The van der Waals surface area contributed by atoms with Gasteiger partial charge in [0.2, 0.25) is 0 Å². The summed E-state index contributed by atoms with van der Waals surface area (Å²) in [6.45, 7) is 3.99. The molecular formula is C16H21N3O2. The van der Waals surface area contributed by atoms with Gasteiger partial charge in [0.15, 0.2) is 12.1 Å². The van der Waals surface area contributed by atoms with Gasteiger partial charge in [-0.15, -0.1) is 0 Å². The van der Waals surface area contributed by atoms with Crippen LogP contribution in [0.15, 0.2) is 30.3 Å². The molecule has 1 fully saturated rings. The molecule has 0 N–H and O–H groups in total. The highest BCUT2D eigenvalue weighted by molar-refractivity contribution is 5.54. The molecule has 1 aliphatic heterocycles. The molecule has 5 nitrogen and oxygen atoms in total. The van der Waals surface area contributed by atoms with Crippen molar-refractivity contribution < 1.29 is 9.47 Å². The van der Waals surface area contributed by atoms with E-state index in [9.17, 15) is 0 Å². The van der Waals surface area contributed by atoms with Crippen molar-refractivity contribution >= 4 is 0 Å². The van der Waals surface area contributed by atoms with Crippen LogP contribution in [0.3, 0.4) is 0 Å². The summed E-state index contributed by atoms with van der Waals surface area (Å²) < 4.78 is 13.3. The lowest BCUT2D eigenvalue weighted by atomic mass is 10.2. The van der Waals surface area contributed by atoms with Crippen LogP contribution in [0.5, 0.6) is 0 Å². The molecule has 0 amide bonds. The molecule has 0 bridgehead atoms. The molecule has 0 spiro atoms. The fourth-order valence-corrected chi connectivity index (χ4v) is 2.53. The molecule has 1 aromatic carbocycles. The maximum atomic E-state index is 5.78. The van der Waals surface area contributed by atoms with Crippen LogP contribution in [0.2, 0.25) is 0 Å². The van der Waals surface area contributed by atoms with E-state index in [1.807, 2.05) is 41.9 Å². The van der Waals surface area contributed by atoms with Crippen molar-refractivity contribution in [2.75, 3.05) is 13.2 Å². The molecule has 0 unspecified atom stereocenters. The molecule has 1 saturated heterocycles. The maximum absolute atomic E-state index is 5.78. The second kappa shape index (κ2) is 6.83. The molecule has 21 heavy (non-hydrogen) atoms. The van der Waals surface area contributed by atoms with Crippen LogP contribution in [0.4, 0.5) is 0 Å². The highest BCUT2D eigenvalue weighted by Gasteiger charge is 2.15. The third-order valence-corrected chi connectivity index (χ3v) is 3.55. The van der Waals surface area contributed by atoms with Gasteiger partial charge < -0.3 is 9.47 Å². The Morgan fingerprint density at radius 2 is 2.14 bits per heavy atom. The molecule has 1 aliphatic rings. The van der Waals surface area contributed by atoms with Crippen LogP contribution in [-0.4, -0.2) is 34.3 Å². The Bertz CT molecular complexity index is 562. The second-order valence-electron chi connectivity index (χ2n) is 5.24. The quantitative estimate of drug-likeness (QED) is 0.848. The van der Waals surface area contributed by atoms with Crippen molar-refractivity contribution in [2.45, 2.75) is 39.0 Å². The van der Waals surface area contributed by atoms with Crippen molar-refractivity contribution in [1.82, 2.24) is 14.8 Å². The van der Waals surface area contributed by atoms with Crippen LogP contribution in [0.25, 0.3) is 11.4 Å². The summed E-state index contributed by atoms with van der Waals surface area (Å²) in [5.74, 6) is 1.67. The number of aromatic nitrogens is 3. The molecule has 3 rings (SSSR count). The molecule has 0 saturated carbocycles. The Balaban J connectivity index is 1.62. The smallest absolute Gasteiger partial charge is 0.158 e. The number of aryl methyl sites for hydroxylation is 1. The summed E-state index contributed by atoms with van der Waals surface area (Å²) in [5.41, 5.74) is 1.08. The maximum Gasteiger partial charge on any atom is 0.158 e. The average Bonchev–Trinajstić information content (AvgIpc) is 2.90. The Kier molecular flexibility index (Phi) is 4.62. The van der Waals surface area contributed by atoms with Gasteiger partial charge in [-0.3, -0.25) is 0 Å². The summed E-state index contributed by atoms with van der Waals surface area (Å²) >= 11 is 0. The molecular weight excluding hydrogens is 266 g/mol. The van der Waals surface area contributed by atoms with Crippen LogP contribution in [-0.2, 0) is 16.0 Å². The topological polar surface area (TPSA) is 49.2 Å². The SMILES string of the molecule is Cc1nc(-c2ccccc2)n(CCO[C@H]2CCCCO2)n1. The Morgan fingerprint density at radius 3 is 2.90 bits per heavy atom.